The summed E-state index contributed by atoms with van der Waals surface area (Å²) in [5, 5.41) is 3.73. The lowest BCUT2D eigenvalue weighted by molar-refractivity contribution is 0.328. The Morgan fingerprint density at radius 2 is 2.36 bits per heavy atom. The molecule has 0 bridgehead atoms. The number of ether oxygens (including phenoxy) is 1. The first-order chi connectivity index (χ1) is 6.78. The number of methoxy groups -OCH3 is 1. The summed E-state index contributed by atoms with van der Waals surface area (Å²) in [6, 6.07) is 3.87. The van der Waals surface area contributed by atoms with Crippen molar-refractivity contribution in [2.24, 2.45) is 0 Å². The molecule has 74 valence electrons. The highest BCUT2D eigenvalue weighted by Crippen LogP contribution is 2.15. The zero-order valence-electron chi connectivity index (χ0n) is 8.20. The predicted octanol–water partition coefficient (Wildman–Crippen LogP) is 1.91. The molecular weight excluding hydrogens is 180 g/mol. The van der Waals surface area contributed by atoms with Crippen molar-refractivity contribution in [3.8, 4) is 5.88 Å². The number of hydrogen-bond acceptors (Lipinski definition) is 3. The first kappa shape index (κ1) is 8.87. The summed E-state index contributed by atoms with van der Waals surface area (Å²) in [5.41, 5.74) is 2.33. The maximum atomic E-state index is 5.08. The average molecular weight is 192 g/mol. The molecule has 2 aromatic rings. The summed E-state index contributed by atoms with van der Waals surface area (Å²) in [4.78, 5) is 3.12. The lowest BCUT2D eigenvalue weighted by atomic mass is 10.2. The Morgan fingerprint density at radius 3 is 2.93 bits per heavy atom. The van der Waals surface area contributed by atoms with Gasteiger partial charge in [0.05, 0.1) is 7.11 Å². The number of aryl methyl sites for hydroxylation is 1. The van der Waals surface area contributed by atoms with Crippen molar-refractivity contribution >= 4 is 0 Å². The van der Waals surface area contributed by atoms with Gasteiger partial charge in [-0.1, -0.05) is 0 Å². The van der Waals surface area contributed by atoms with Crippen molar-refractivity contribution in [3.63, 3.8) is 0 Å². The first-order valence-corrected chi connectivity index (χ1v) is 4.41. The summed E-state index contributed by atoms with van der Waals surface area (Å²) in [6.07, 6.45) is 2.70. The molecule has 0 saturated heterocycles. The molecule has 0 fully saturated rings. The Labute approximate surface area is 81.9 Å². The van der Waals surface area contributed by atoms with E-state index in [4.69, 9.17) is 9.26 Å². The van der Waals surface area contributed by atoms with Gasteiger partial charge in [-0.2, -0.15) is 0 Å². The smallest absolute Gasteiger partial charge is 0.254 e. The standard InChI is InChI=1S/C10H12N2O2/c1-7-3-8(6-11-7)4-9-5-10(13-2)12-14-9/h3,5-6,11H,4H2,1-2H3. The van der Waals surface area contributed by atoms with Crippen molar-refractivity contribution in [1.82, 2.24) is 10.1 Å². The van der Waals surface area contributed by atoms with Gasteiger partial charge in [0.1, 0.15) is 5.76 Å². The van der Waals surface area contributed by atoms with Crippen LogP contribution in [0.15, 0.2) is 22.9 Å². The third-order valence-electron chi connectivity index (χ3n) is 2.01. The van der Waals surface area contributed by atoms with Gasteiger partial charge < -0.3 is 14.2 Å². The van der Waals surface area contributed by atoms with Gasteiger partial charge in [0, 0.05) is 24.4 Å². The van der Waals surface area contributed by atoms with Crippen molar-refractivity contribution in [3.05, 3.63) is 35.3 Å². The predicted molar refractivity (Wildman–Crippen MR) is 51.4 cm³/mol. The lowest BCUT2D eigenvalue weighted by Gasteiger charge is -1.88. The fourth-order valence-corrected chi connectivity index (χ4v) is 1.34. The Morgan fingerprint density at radius 1 is 1.50 bits per heavy atom. The molecule has 4 nitrogen and oxygen atoms in total. The summed E-state index contributed by atoms with van der Waals surface area (Å²) in [5.74, 6) is 1.33. The van der Waals surface area contributed by atoms with Gasteiger partial charge in [-0.25, -0.2) is 0 Å². The second kappa shape index (κ2) is 3.57. The number of aromatic nitrogens is 2. The highest BCUT2D eigenvalue weighted by Gasteiger charge is 2.05. The molecule has 0 aliphatic carbocycles. The second-order valence-corrected chi connectivity index (χ2v) is 3.20. The molecule has 0 amide bonds. The highest BCUT2D eigenvalue weighted by molar-refractivity contribution is 5.22. The first-order valence-electron chi connectivity index (χ1n) is 4.41. The number of hydrogen-bond donors (Lipinski definition) is 1. The van der Waals surface area contributed by atoms with Gasteiger partial charge >= 0.3 is 0 Å². The van der Waals surface area contributed by atoms with Crippen molar-refractivity contribution in [2.45, 2.75) is 13.3 Å². The molecule has 1 N–H and O–H groups in total. The molecule has 0 radical (unpaired) electrons. The SMILES string of the molecule is COc1cc(Cc2c[nH]c(C)c2)on1. The van der Waals surface area contributed by atoms with Gasteiger partial charge in [0.25, 0.3) is 5.88 Å². The topological polar surface area (TPSA) is 51.0 Å². The largest absolute Gasteiger partial charge is 0.479 e. The Bertz CT molecular complexity index is 417. The summed E-state index contributed by atoms with van der Waals surface area (Å²) in [6.45, 7) is 2.02. The van der Waals surface area contributed by atoms with E-state index in [1.807, 2.05) is 13.1 Å². The van der Waals surface area contributed by atoms with E-state index >= 15 is 0 Å². The van der Waals surface area contributed by atoms with Crippen LogP contribution >= 0.6 is 0 Å². The van der Waals surface area contributed by atoms with Crippen LogP contribution in [-0.2, 0) is 6.42 Å². The molecule has 0 spiro atoms. The van der Waals surface area contributed by atoms with Crippen LogP contribution in [0.2, 0.25) is 0 Å². The van der Waals surface area contributed by atoms with Crippen molar-refractivity contribution < 1.29 is 9.26 Å². The number of nitrogens with zero attached hydrogens (tertiary/aromatic N) is 1. The Kier molecular flexibility index (Phi) is 2.26. The van der Waals surface area contributed by atoms with E-state index in [0.717, 1.165) is 17.9 Å². The minimum Gasteiger partial charge on any atom is -0.479 e. The second-order valence-electron chi connectivity index (χ2n) is 3.20. The van der Waals surface area contributed by atoms with Gasteiger partial charge in [0.2, 0.25) is 0 Å². The Balaban J connectivity index is 2.10. The van der Waals surface area contributed by atoms with Crippen LogP contribution in [0.1, 0.15) is 17.0 Å². The fourth-order valence-electron chi connectivity index (χ4n) is 1.34. The molecule has 0 saturated carbocycles. The molecular formula is C10H12N2O2. The maximum Gasteiger partial charge on any atom is 0.254 e. The zero-order chi connectivity index (χ0) is 9.97. The third-order valence-corrected chi connectivity index (χ3v) is 2.01. The van der Waals surface area contributed by atoms with Crippen LogP contribution in [0.3, 0.4) is 0 Å². The zero-order valence-corrected chi connectivity index (χ0v) is 8.20. The minimum atomic E-state index is 0.521. The van der Waals surface area contributed by atoms with Gasteiger partial charge in [-0.3, -0.25) is 0 Å². The van der Waals surface area contributed by atoms with Crippen LogP contribution in [-0.4, -0.2) is 17.3 Å². The molecule has 2 aromatic heterocycles. The molecule has 0 aliphatic heterocycles. The van der Waals surface area contributed by atoms with Crippen LogP contribution in [0.25, 0.3) is 0 Å². The maximum absolute atomic E-state index is 5.08. The molecule has 14 heavy (non-hydrogen) atoms. The van der Waals surface area contributed by atoms with Gasteiger partial charge in [0.15, 0.2) is 0 Å². The number of rotatable bonds is 3. The highest BCUT2D eigenvalue weighted by atomic mass is 16.5. The molecule has 0 aromatic carbocycles. The van der Waals surface area contributed by atoms with Crippen LogP contribution in [0.4, 0.5) is 0 Å². The van der Waals surface area contributed by atoms with Crippen LogP contribution < -0.4 is 4.74 Å². The van der Waals surface area contributed by atoms with Crippen molar-refractivity contribution in [1.29, 1.82) is 0 Å². The summed E-state index contributed by atoms with van der Waals surface area (Å²) >= 11 is 0. The van der Waals surface area contributed by atoms with E-state index in [0.29, 0.717) is 5.88 Å². The number of H-pyrrole nitrogens is 1. The van der Waals surface area contributed by atoms with E-state index in [1.165, 1.54) is 5.56 Å². The molecule has 0 atom stereocenters. The fraction of sp³-hybridized carbons (Fsp3) is 0.300. The van der Waals surface area contributed by atoms with E-state index in [-0.39, 0.29) is 0 Å². The monoisotopic (exact) mass is 192 g/mol. The quantitative estimate of drug-likeness (QED) is 0.808. The number of aromatic amines is 1. The summed E-state index contributed by atoms with van der Waals surface area (Å²) < 4.78 is 10.0. The molecule has 4 heteroatoms. The van der Waals surface area contributed by atoms with E-state index < -0.39 is 0 Å². The minimum absolute atomic E-state index is 0.521. The third kappa shape index (κ3) is 1.79. The Hall–Kier alpha value is -1.71. The van der Waals surface area contributed by atoms with E-state index in [9.17, 15) is 0 Å². The average Bonchev–Trinajstić information content (AvgIpc) is 2.76. The van der Waals surface area contributed by atoms with Crippen LogP contribution in [0.5, 0.6) is 5.88 Å². The van der Waals surface area contributed by atoms with E-state index in [1.54, 1.807) is 13.2 Å². The van der Waals surface area contributed by atoms with Gasteiger partial charge in [-0.15, -0.1) is 0 Å². The van der Waals surface area contributed by atoms with Crippen molar-refractivity contribution in [2.75, 3.05) is 7.11 Å². The lowest BCUT2D eigenvalue weighted by Crippen LogP contribution is -1.81. The molecule has 2 rings (SSSR count). The molecule has 2 heterocycles. The molecule has 0 aliphatic rings. The summed E-state index contributed by atoms with van der Waals surface area (Å²) in [7, 11) is 1.57. The molecule has 0 unspecified atom stereocenters. The van der Waals surface area contributed by atoms with E-state index in [2.05, 4.69) is 16.2 Å². The number of nitrogens with one attached hydrogen (secondary N) is 1. The van der Waals surface area contributed by atoms with Crippen LogP contribution in [0, 0.1) is 6.92 Å². The van der Waals surface area contributed by atoms with Gasteiger partial charge in [-0.05, 0) is 23.7 Å². The normalized spacial score (nSPS) is 10.4.